The third kappa shape index (κ3) is 1.85. The average molecular weight is 377 g/mol. The number of hydrogen-bond acceptors (Lipinski definition) is 2. The van der Waals surface area contributed by atoms with Gasteiger partial charge >= 0.3 is 0 Å². The maximum Gasteiger partial charge on any atom is 0.139 e. The molecular weight excluding hydrogens is 361 g/mol. The Balaban J connectivity index is 1.80. The summed E-state index contributed by atoms with van der Waals surface area (Å²) >= 11 is 0.144. The Morgan fingerprint density at radius 3 is 2.90 bits per heavy atom. The lowest BCUT2D eigenvalue weighted by atomic mass is 10.2. The van der Waals surface area contributed by atoms with Crippen LogP contribution in [0.1, 0.15) is 5.56 Å². The standard InChI is InChI=1S/C16H16IN3/c1-11-3-4-14-15(7-11)20-6-5-13(8-16(20)18-14)19-9-12(10-19)17-2/h3-8,12H,2,9-10H2,1H3. The highest BCUT2D eigenvalue weighted by Crippen LogP contribution is 2.28. The van der Waals surface area contributed by atoms with E-state index < -0.39 is 0 Å². The van der Waals surface area contributed by atoms with Crippen LogP contribution in [-0.2, 0) is 0 Å². The molecule has 0 N–H and O–H groups in total. The van der Waals surface area contributed by atoms with Crippen molar-refractivity contribution in [3.63, 3.8) is 0 Å². The molecule has 2 aromatic heterocycles. The Labute approximate surface area is 128 Å². The second-order valence-electron chi connectivity index (χ2n) is 5.37. The molecule has 0 unspecified atom stereocenters. The number of alkyl halides is 1. The SMILES string of the molecule is C=IC1CN(c2ccn3c(c2)nc2ccc(C)cc23)C1. The van der Waals surface area contributed by atoms with E-state index >= 15 is 0 Å². The molecule has 1 aromatic carbocycles. The quantitative estimate of drug-likeness (QED) is 0.504. The van der Waals surface area contributed by atoms with Gasteiger partial charge in [0.05, 0.1) is 11.0 Å². The van der Waals surface area contributed by atoms with E-state index in [4.69, 9.17) is 4.98 Å². The smallest absolute Gasteiger partial charge is 0.139 e. The fourth-order valence-electron chi connectivity index (χ4n) is 2.74. The Hall–Kier alpha value is -1.43. The number of pyridine rings is 1. The first-order chi connectivity index (χ1) is 9.74. The molecule has 0 radical (unpaired) electrons. The van der Waals surface area contributed by atoms with Crippen molar-refractivity contribution in [2.24, 2.45) is 0 Å². The predicted molar refractivity (Wildman–Crippen MR) is 94.6 cm³/mol. The molecule has 0 atom stereocenters. The van der Waals surface area contributed by atoms with Crippen LogP contribution >= 0.6 is 20.7 Å². The highest BCUT2D eigenvalue weighted by molar-refractivity contribution is 14.2. The van der Waals surface area contributed by atoms with Crippen molar-refractivity contribution in [3.8, 4) is 0 Å². The Morgan fingerprint density at radius 2 is 2.10 bits per heavy atom. The Kier molecular flexibility index (Phi) is 2.80. The topological polar surface area (TPSA) is 20.5 Å². The fraction of sp³-hybridized carbons (Fsp3) is 0.250. The summed E-state index contributed by atoms with van der Waals surface area (Å²) < 4.78 is 7.13. The highest BCUT2D eigenvalue weighted by atomic mass is 127. The number of fused-ring (bicyclic) bond motifs is 3. The van der Waals surface area contributed by atoms with Crippen LogP contribution in [0, 0.1) is 6.92 Å². The van der Waals surface area contributed by atoms with Gasteiger partial charge in [0, 0.05) is 35.0 Å². The summed E-state index contributed by atoms with van der Waals surface area (Å²) in [5, 5.41) is 0. The van der Waals surface area contributed by atoms with Crippen molar-refractivity contribution >= 4 is 47.6 Å². The van der Waals surface area contributed by atoms with E-state index in [2.05, 4.69) is 57.3 Å². The number of aryl methyl sites for hydroxylation is 1. The van der Waals surface area contributed by atoms with Crippen LogP contribution in [0.4, 0.5) is 5.69 Å². The number of aromatic nitrogens is 2. The van der Waals surface area contributed by atoms with Gasteiger partial charge < -0.3 is 4.90 Å². The second kappa shape index (κ2) is 4.55. The lowest BCUT2D eigenvalue weighted by Crippen LogP contribution is -2.47. The summed E-state index contributed by atoms with van der Waals surface area (Å²) in [4.78, 5) is 7.16. The van der Waals surface area contributed by atoms with E-state index in [-0.39, 0.29) is 20.7 Å². The van der Waals surface area contributed by atoms with Crippen molar-refractivity contribution in [3.05, 3.63) is 42.1 Å². The molecule has 3 aromatic rings. The minimum absolute atomic E-state index is 0.144. The summed E-state index contributed by atoms with van der Waals surface area (Å²) in [6, 6.07) is 10.8. The lowest BCUT2D eigenvalue weighted by Gasteiger charge is -2.38. The molecule has 20 heavy (non-hydrogen) atoms. The van der Waals surface area contributed by atoms with Crippen LogP contribution in [0.3, 0.4) is 0 Å². The third-order valence-electron chi connectivity index (χ3n) is 3.96. The van der Waals surface area contributed by atoms with Gasteiger partial charge in [-0.15, -0.1) is 20.7 Å². The van der Waals surface area contributed by atoms with Gasteiger partial charge in [0.1, 0.15) is 5.65 Å². The molecular formula is C16H16IN3. The average Bonchev–Trinajstić information content (AvgIpc) is 2.75. The molecule has 1 fully saturated rings. The largest absolute Gasteiger partial charge is 0.369 e. The summed E-state index contributed by atoms with van der Waals surface area (Å²) in [6.07, 6.45) is 2.14. The van der Waals surface area contributed by atoms with Gasteiger partial charge in [-0.3, -0.25) is 4.40 Å². The Bertz CT molecular complexity index is 815. The molecule has 4 heteroatoms. The van der Waals surface area contributed by atoms with E-state index in [1.165, 1.54) is 29.9 Å². The van der Waals surface area contributed by atoms with Gasteiger partial charge in [-0.1, -0.05) is 10.6 Å². The molecule has 0 aliphatic carbocycles. The molecule has 0 spiro atoms. The second-order valence-corrected chi connectivity index (χ2v) is 8.02. The zero-order valence-corrected chi connectivity index (χ0v) is 13.5. The van der Waals surface area contributed by atoms with Crippen molar-refractivity contribution < 1.29 is 0 Å². The molecule has 102 valence electrons. The fourth-order valence-corrected chi connectivity index (χ4v) is 4.25. The molecule has 3 heterocycles. The van der Waals surface area contributed by atoms with E-state index in [0.29, 0.717) is 0 Å². The number of imidazole rings is 1. The number of hydrogen-bond donors (Lipinski definition) is 0. The van der Waals surface area contributed by atoms with E-state index in [1.807, 2.05) is 0 Å². The molecule has 3 nitrogen and oxygen atoms in total. The lowest BCUT2D eigenvalue weighted by molar-refractivity contribution is 0.654. The monoisotopic (exact) mass is 377 g/mol. The maximum absolute atomic E-state index is 4.73. The van der Waals surface area contributed by atoms with Gasteiger partial charge in [0.25, 0.3) is 0 Å². The predicted octanol–water partition coefficient (Wildman–Crippen LogP) is 3.39. The molecule has 0 saturated carbocycles. The minimum atomic E-state index is 0.144. The van der Waals surface area contributed by atoms with Crippen molar-refractivity contribution in [1.82, 2.24) is 9.38 Å². The minimum Gasteiger partial charge on any atom is -0.369 e. The van der Waals surface area contributed by atoms with Crippen LogP contribution in [0.15, 0.2) is 36.5 Å². The number of rotatable bonds is 2. The van der Waals surface area contributed by atoms with Crippen molar-refractivity contribution in [2.75, 3.05) is 18.0 Å². The van der Waals surface area contributed by atoms with Gasteiger partial charge in [-0.2, -0.15) is 0 Å². The zero-order chi connectivity index (χ0) is 13.7. The first-order valence-electron chi connectivity index (χ1n) is 6.75. The van der Waals surface area contributed by atoms with Crippen molar-refractivity contribution in [2.45, 2.75) is 10.8 Å². The third-order valence-corrected chi connectivity index (χ3v) is 6.00. The van der Waals surface area contributed by atoms with Crippen LogP contribution < -0.4 is 4.90 Å². The van der Waals surface area contributed by atoms with E-state index in [9.17, 15) is 0 Å². The zero-order valence-electron chi connectivity index (χ0n) is 11.4. The maximum atomic E-state index is 4.73. The van der Waals surface area contributed by atoms with Gasteiger partial charge in [-0.05, 0) is 30.7 Å². The van der Waals surface area contributed by atoms with Gasteiger partial charge in [-0.25, -0.2) is 4.98 Å². The van der Waals surface area contributed by atoms with Crippen LogP contribution in [-0.4, -0.2) is 30.9 Å². The first kappa shape index (κ1) is 12.3. The molecule has 4 rings (SSSR count). The Morgan fingerprint density at radius 1 is 1.25 bits per heavy atom. The summed E-state index contributed by atoms with van der Waals surface area (Å²) in [6.45, 7) is 4.47. The number of nitrogens with zero attached hydrogens (tertiary/aromatic N) is 3. The van der Waals surface area contributed by atoms with Crippen LogP contribution in [0.25, 0.3) is 16.7 Å². The molecule has 1 aliphatic heterocycles. The molecule has 1 aliphatic rings. The van der Waals surface area contributed by atoms with Crippen molar-refractivity contribution in [1.29, 1.82) is 0 Å². The highest BCUT2D eigenvalue weighted by Gasteiger charge is 2.25. The summed E-state index contributed by atoms with van der Waals surface area (Å²) in [7, 11) is 0. The van der Waals surface area contributed by atoms with Crippen LogP contribution in [0.5, 0.6) is 0 Å². The number of benzene rings is 1. The molecule has 0 bridgehead atoms. The first-order valence-corrected chi connectivity index (χ1v) is 9.52. The molecule has 0 amide bonds. The van der Waals surface area contributed by atoms with Gasteiger partial charge in [0.2, 0.25) is 0 Å². The van der Waals surface area contributed by atoms with E-state index in [1.54, 1.807) is 0 Å². The van der Waals surface area contributed by atoms with Crippen LogP contribution in [0.2, 0.25) is 0 Å². The van der Waals surface area contributed by atoms with E-state index in [0.717, 1.165) is 15.1 Å². The normalized spacial score (nSPS) is 15.9. The number of halogens is 1. The summed E-state index contributed by atoms with van der Waals surface area (Å²) in [5.41, 5.74) is 5.86. The molecule has 1 saturated heterocycles. The number of anilines is 1. The van der Waals surface area contributed by atoms with Gasteiger partial charge in [0.15, 0.2) is 0 Å². The summed E-state index contributed by atoms with van der Waals surface area (Å²) in [5.74, 6) is 0.